The summed E-state index contributed by atoms with van der Waals surface area (Å²) in [5.41, 5.74) is -0.652. The lowest BCUT2D eigenvalue weighted by molar-refractivity contribution is -0.137. The molecule has 1 aromatic rings. The summed E-state index contributed by atoms with van der Waals surface area (Å²) in [6, 6.07) is 4.74. The standard InChI is InChI=1S/C16H22F3N3O2S/c17-16(18,19)14-3-1-2-13(10-14)12-25(23,24)22-7-4-15(11-22)21-8-5-20-6-9-21/h1-3,10,15,20H,4-9,11-12H2. The number of alkyl halides is 3. The van der Waals surface area contributed by atoms with Crippen molar-refractivity contribution in [1.82, 2.24) is 14.5 Å². The largest absolute Gasteiger partial charge is 0.416 e. The summed E-state index contributed by atoms with van der Waals surface area (Å²) >= 11 is 0. The van der Waals surface area contributed by atoms with Gasteiger partial charge in [-0.05, 0) is 18.1 Å². The van der Waals surface area contributed by atoms with E-state index in [0.29, 0.717) is 13.1 Å². The van der Waals surface area contributed by atoms with Gasteiger partial charge in [-0.2, -0.15) is 13.2 Å². The summed E-state index contributed by atoms with van der Waals surface area (Å²) in [5.74, 6) is -0.398. The van der Waals surface area contributed by atoms with Crippen LogP contribution in [0.25, 0.3) is 0 Å². The average molecular weight is 377 g/mol. The van der Waals surface area contributed by atoms with Crippen LogP contribution in [0.5, 0.6) is 0 Å². The highest BCUT2D eigenvalue weighted by Gasteiger charge is 2.35. The van der Waals surface area contributed by atoms with E-state index in [1.54, 1.807) is 0 Å². The number of nitrogens with one attached hydrogen (secondary N) is 1. The van der Waals surface area contributed by atoms with Gasteiger partial charge in [0.05, 0.1) is 11.3 Å². The maximum absolute atomic E-state index is 12.8. The molecule has 25 heavy (non-hydrogen) atoms. The molecule has 0 aliphatic carbocycles. The van der Waals surface area contributed by atoms with E-state index in [0.717, 1.165) is 44.7 Å². The van der Waals surface area contributed by atoms with E-state index in [2.05, 4.69) is 10.2 Å². The fraction of sp³-hybridized carbons (Fsp3) is 0.625. The van der Waals surface area contributed by atoms with Crippen molar-refractivity contribution in [1.29, 1.82) is 0 Å². The van der Waals surface area contributed by atoms with Crippen molar-refractivity contribution in [2.24, 2.45) is 0 Å². The van der Waals surface area contributed by atoms with Crippen LogP contribution in [0.1, 0.15) is 17.5 Å². The van der Waals surface area contributed by atoms with Crippen LogP contribution in [0, 0.1) is 0 Å². The molecular formula is C16H22F3N3O2S. The van der Waals surface area contributed by atoms with Crippen molar-refractivity contribution in [3.05, 3.63) is 35.4 Å². The Morgan fingerprint density at radius 3 is 2.56 bits per heavy atom. The Bertz CT molecular complexity index is 703. The van der Waals surface area contributed by atoms with E-state index in [9.17, 15) is 21.6 Å². The van der Waals surface area contributed by atoms with Gasteiger partial charge >= 0.3 is 6.18 Å². The molecule has 2 fully saturated rings. The second kappa shape index (κ2) is 7.22. The van der Waals surface area contributed by atoms with E-state index < -0.39 is 27.5 Å². The van der Waals surface area contributed by atoms with Gasteiger partial charge < -0.3 is 5.32 Å². The minimum atomic E-state index is -4.47. The van der Waals surface area contributed by atoms with Crippen LogP contribution in [0.3, 0.4) is 0 Å². The first-order valence-corrected chi connectivity index (χ1v) is 9.95. The van der Waals surface area contributed by atoms with E-state index >= 15 is 0 Å². The topological polar surface area (TPSA) is 52.7 Å². The second-order valence-electron chi connectivity index (χ2n) is 6.54. The molecule has 0 aromatic heterocycles. The lowest BCUT2D eigenvalue weighted by Crippen LogP contribution is -2.49. The quantitative estimate of drug-likeness (QED) is 0.864. The Kier molecular flexibility index (Phi) is 5.38. The summed E-state index contributed by atoms with van der Waals surface area (Å²) in [7, 11) is -3.62. The summed E-state index contributed by atoms with van der Waals surface area (Å²) in [6.07, 6.45) is -3.71. The third kappa shape index (κ3) is 4.52. The van der Waals surface area contributed by atoms with Gasteiger partial charge in [-0.15, -0.1) is 0 Å². The molecule has 0 radical (unpaired) electrons. The van der Waals surface area contributed by atoms with Gasteiger partial charge in [0.2, 0.25) is 10.0 Å². The number of nitrogens with zero attached hydrogens (tertiary/aromatic N) is 2. The van der Waals surface area contributed by atoms with Crippen LogP contribution in [0.15, 0.2) is 24.3 Å². The fourth-order valence-electron chi connectivity index (χ4n) is 3.45. The number of rotatable bonds is 4. The highest BCUT2D eigenvalue weighted by atomic mass is 32.2. The lowest BCUT2D eigenvalue weighted by Gasteiger charge is -2.32. The van der Waals surface area contributed by atoms with Crippen molar-refractivity contribution in [2.45, 2.75) is 24.4 Å². The molecule has 2 heterocycles. The first kappa shape index (κ1) is 18.6. The molecule has 5 nitrogen and oxygen atoms in total. The molecule has 140 valence electrons. The van der Waals surface area contributed by atoms with Crippen molar-refractivity contribution >= 4 is 10.0 Å². The number of sulfonamides is 1. The van der Waals surface area contributed by atoms with Gasteiger partial charge in [0.15, 0.2) is 0 Å². The molecule has 0 saturated carbocycles. The Hall–Kier alpha value is -1.16. The molecule has 1 N–H and O–H groups in total. The maximum Gasteiger partial charge on any atom is 0.416 e. The third-order valence-corrected chi connectivity index (χ3v) is 6.61. The smallest absolute Gasteiger partial charge is 0.314 e. The molecule has 1 aromatic carbocycles. The molecule has 2 aliphatic rings. The molecular weight excluding hydrogens is 355 g/mol. The highest BCUT2D eigenvalue weighted by molar-refractivity contribution is 7.88. The maximum atomic E-state index is 12.8. The van der Waals surface area contributed by atoms with Crippen LogP contribution in [-0.2, 0) is 22.0 Å². The Morgan fingerprint density at radius 1 is 1.16 bits per heavy atom. The zero-order valence-electron chi connectivity index (χ0n) is 13.8. The summed E-state index contributed by atoms with van der Waals surface area (Å²) in [4.78, 5) is 2.29. The van der Waals surface area contributed by atoms with E-state index in [1.807, 2.05) is 0 Å². The molecule has 2 aliphatic heterocycles. The molecule has 1 atom stereocenters. The molecule has 0 amide bonds. The fourth-order valence-corrected chi connectivity index (χ4v) is 5.01. The first-order valence-electron chi connectivity index (χ1n) is 8.34. The Balaban J connectivity index is 1.66. The van der Waals surface area contributed by atoms with Crippen LogP contribution in [0.2, 0.25) is 0 Å². The molecule has 0 spiro atoms. The lowest BCUT2D eigenvalue weighted by atomic mass is 10.1. The van der Waals surface area contributed by atoms with Gasteiger partial charge in [0, 0.05) is 45.3 Å². The van der Waals surface area contributed by atoms with Gasteiger partial charge in [-0.3, -0.25) is 4.90 Å². The molecule has 9 heteroatoms. The van der Waals surface area contributed by atoms with Crippen molar-refractivity contribution in [3.8, 4) is 0 Å². The van der Waals surface area contributed by atoms with Gasteiger partial charge in [-0.1, -0.05) is 18.2 Å². The third-order valence-electron chi connectivity index (χ3n) is 4.79. The van der Waals surface area contributed by atoms with E-state index in [1.165, 1.54) is 16.4 Å². The summed E-state index contributed by atoms with van der Waals surface area (Å²) < 4.78 is 65.0. The summed E-state index contributed by atoms with van der Waals surface area (Å²) in [5, 5.41) is 3.26. The van der Waals surface area contributed by atoms with Gasteiger partial charge in [-0.25, -0.2) is 12.7 Å². The predicted octanol–water partition coefficient (Wildman–Crippen LogP) is 1.51. The van der Waals surface area contributed by atoms with Crippen LogP contribution in [0.4, 0.5) is 13.2 Å². The normalized spacial score (nSPS) is 23.9. The molecule has 0 bridgehead atoms. The minimum absolute atomic E-state index is 0.167. The Labute approximate surface area is 145 Å². The molecule has 1 unspecified atom stereocenters. The van der Waals surface area contributed by atoms with Crippen molar-refractivity contribution < 1.29 is 21.6 Å². The predicted molar refractivity (Wildman–Crippen MR) is 88.5 cm³/mol. The number of piperazine rings is 1. The Morgan fingerprint density at radius 2 is 1.88 bits per heavy atom. The van der Waals surface area contributed by atoms with E-state index in [-0.39, 0.29) is 11.6 Å². The van der Waals surface area contributed by atoms with Crippen LogP contribution in [-0.4, -0.2) is 62.9 Å². The van der Waals surface area contributed by atoms with Crippen molar-refractivity contribution in [2.75, 3.05) is 39.3 Å². The van der Waals surface area contributed by atoms with Crippen LogP contribution >= 0.6 is 0 Å². The number of hydrogen-bond donors (Lipinski definition) is 1. The number of halogens is 3. The second-order valence-corrected chi connectivity index (χ2v) is 8.51. The van der Waals surface area contributed by atoms with E-state index in [4.69, 9.17) is 0 Å². The minimum Gasteiger partial charge on any atom is -0.314 e. The highest BCUT2D eigenvalue weighted by Crippen LogP contribution is 2.30. The zero-order valence-corrected chi connectivity index (χ0v) is 14.6. The molecule has 3 rings (SSSR count). The molecule has 2 saturated heterocycles. The SMILES string of the molecule is O=S(=O)(Cc1cccc(C(F)(F)F)c1)N1CCC(N2CCNCC2)C1. The van der Waals surface area contributed by atoms with Crippen LogP contribution < -0.4 is 5.32 Å². The zero-order chi connectivity index (χ0) is 18.1. The summed E-state index contributed by atoms with van der Waals surface area (Å²) in [6.45, 7) is 4.43. The monoisotopic (exact) mass is 377 g/mol. The first-order chi connectivity index (χ1) is 11.8. The number of hydrogen-bond acceptors (Lipinski definition) is 4. The van der Waals surface area contributed by atoms with Gasteiger partial charge in [0.25, 0.3) is 0 Å². The number of benzene rings is 1. The average Bonchev–Trinajstić information content (AvgIpc) is 3.06. The van der Waals surface area contributed by atoms with Gasteiger partial charge in [0.1, 0.15) is 0 Å². The van der Waals surface area contributed by atoms with Crippen molar-refractivity contribution in [3.63, 3.8) is 0 Å².